The minimum atomic E-state index is -0.0224. The molecule has 1 amide bonds. The summed E-state index contributed by atoms with van der Waals surface area (Å²) in [5.74, 6) is 0.659. The summed E-state index contributed by atoms with van der Waals surface area (Å²) in [6.07, 6.45) is 0. The van der Waals surface area contributed by atoms with Gasteiger partial charge in [0.15, 0.2) is 0 Å². The van der Waals surface area contributed by atoms with E-state index in [1.807, 2.05) is 25.1 Å². The molecule has 0 spiro atoms. The summed E-state index contributed by atoms with van der Waals surface area (Å²) in [6.45, 7) is 5.37. The Labute approximate surface area is 113 Å². The highest BCUT2D eigenvalue weighted by molar-refractivity contribution is 5.93. The Balaban J connectivity index is 1.95. The molecule has 0 atom stereocenters. The Morgan fingerprint density at radius 2 is 2.16 bits per heavy atom. The van der Waals surface area contributed by atoms with Crippen molar-refractivity contribution in [1.29, 1.82) is 0 Å². The molecule has 2 rings (SSSR count). The maximum absolute atomic E-state index is 12.0. The SMILES string of the molecule is COc1ccc(C)cc1NC(=O)CN1CCOCC1. The van der Waals surface area contributed by atoms with Gasteiger partial charge in [0.25, 0.3) is 0 Å². The van der Waals surface area contributed by atoms with Gasteiger partial charge in [-0.15, -0.1) is 0 Å². The molecule has 0 aliphatic carbocycles. The molecule has 0 aromatic heterocycles. The smallest absolute Gasteiger partial charge is 0.238 e. The summed E-state index contributed by atoms with van der Waals surface area (Å²) in [5, 5.41) is 2.90. The van der Waals surface area contributed by atoms with Crippen LogP contribution in [0.2, 0.25) is 0 Å². The van der Waals surface area contributed by atoms with Crippen LogP contribution in [-0.2, 0) is 9.53 Å². The van der Waals surface area contributed by atoms with Gasteiger partial charge in [-0.05, 0) is 24.6 Å². The van der Waals surface area contributed by atoms with Gasteiger partial charge < -0.3 is 14.8 Å². The summed E-state index contributed by atoms with van der Waals surface area (Å²) in [4.78, 5) is 14.1. The average Bonchev–Trinajstić information content (AvgIpc) is 2.40. The fourth-order valence-corrected chi connectivity index (χ4v) is 2.07. The maximum atomic E-state index is 12.0. The topological polar surface area (TPSA) is 50.8 Å². The monoisotopic (exact) mass is 264 g/mol. The van der Waals surface area contributed by atoms with Crippen LogP contribution in [0.15, 0.2) is 18.2 Å². The van der Waals surface area contributed by atoms with Crippen molar-refractivity contribution >= 4 is 11.6 Å². The molecule has 1 heterocycles. The minimum Gasteiger partial charge on any atom is -0.495 e. The van der Waals surface area contributed by atoms with E-state index in [1.165, 1.54) is 0 Å². The second-order valence-electron chi connectivity index (χ2n) is 4.64. The van der Waals surface area contributed by atoms with Crippen LogP contribution in [0, 0.1) is 6.92 Å². The Morgan fingerprint density at radius 1 is 1.42 bits per heavy atom. The van der Waals surface area contributed by atoms with Crippen LogP contribution < -0.4 is 10.1 Å². The quantitative estimate of drug-likeness (QED) is 0.890. The molecule has 0 radical (unpaired) electrons. The van der Waals surface area contributed by atoms with Crippen molar-refractivity contribution in [3.8, 4) is 5.75 Å². The predicted molar refractivity (Wildman–Crippen MR) is 73.6 cm³/mol. The molecule has 1 aromatic carbocycles. The minimum absolute atomic E-state index is 0.0224. The number of hydrogen-bond donors (Lipinski definition) is 1. The fourth-order valence-electron chi connectivity index (χ4n) is 2.07. The molecule has 5 nitrogen and oxygen atoms in total. The molecule has 0 bridgehead atoms. The predicted octanol–water partition coefficient (Wildman–Crippen LogP) is 1.27. The lowest BCUT2D eigenvalue weighted by molar-refractivity contribution is -0.118. The third-order valence-electron chi connectivity index (χ3n) is 3.10. The number of benzene rings is 1. The highest BCUT2D eigenvalue weighted by Gasteiger charge is 2.15. The molecule has 1 aliphatic rings. The van der Waals surface area contributed by atoms with E-state index in [0.29, 0.717) is 25.5 Å². The first-order chi connectivity index (χ1) is 9.19. The lowest BCUT2D eigenvalue weighted by atomic mass is 10.2. The summed E-state index contributed by atoms with van der Waals surface area (Å²) < 4.78 is 10.5. The van der Waals surface area contributed by atoms with Crippen molar-refractivity contribution in [2.45, 2.75) is 6.92 Å². The van der Waals surface area contributed by atoms with Crippen molar-refractivity contribution in [3.05, 3.63) is 23.8 Å². The van der Waals surface area contributed by atoms with E-state index < -0.39 is 0 Å². The molecule has 1 saturated heterocycles. The molecular formula is C14H20N2O3. The maximum Gasteiger partial charge on any atom is 0.238 e. The number of amides is 1. The third-order valence-corrected chi connectivity index (χ3v) is 3.10. The number of aryl methyl sites for hydroxylation is 1. The zero-order chi connectivity index (χ0) is 13.7. The van der Waals surface area contributed by atoms with E-state index in [0.717, 1.165) is 24.3 Å². The Morgan fingerprint density at radius 3 is 2.84 bits per heavy atom. The summed E-state index contributed by atoms with van der Waals surface area (Å²) in [7, 11) is 1.60. The Bertz CT molecular complexity index is 442. The second kappa shape index (κ2) is 6.54. The van der Waals surface area contributed by atoms with Crippen LogP contribution in [0.1, 0.15) is 5.56 Å². The van der Waals surface area contributed by atoms with E-state index in [2.05, 4.69) is 10.2 Å². The normalized spacial score (nSPS) is 16.1. The molecule has 19 heavy (non-hydrogen) atoms. The number of methoxy groups -OCH3 is 1. The fraction of sp³-hybridized carbons (Fsp3) is 0.500. The standard InChI is InChI=1S/C14H20N2O3/c1-11-3-4-13(18-2)12(9-11)15-14(17)10-16-5-7-19-8-6-16/h3-4,9H,5-8,10H2,1-2H3,(H,15,17). The van der Waals surface area contributed by atoms with Crippen molar-refractivity contribution in [3.63, 3.8) is 0 Å². The number of rotatable bonds is 4. The highest BCUT2D eigenvalue weighted by atomic mass is 16.5. The van der Waals surface area contributed by atoms with Crippen LogP contribution in [-0.4, -0.2) is 50.8 Å². The van der Waals surface area contributed by atoms with Gasteiger partial charge in [0.05, 0.1) is 32.6 Å². The van der Waals surface area contributed by atoms with E-state index >= 15 is 0 Å². The van der Waals surface area contributed by atoms with Crippen molar-refractivity contribution in [1.82, 2.24) is 4.90 Å². The van der Waals surface area contributed by atoms with Crippen LogP contribution in [0.25, 0.3) is 0 Å². The molecule has 5 heteroatoms. The molecule has 0 saturated carbocycles. The van der Waals surface area contributed by atoms with Crippen molar-refractivity contribution in [2.24, 2.45) is 0 Å². The molecule has 0 unspecified atom stereocenters. The second-order valence-corrected chi connectivity index (χ2v) is 4.64. The number of ether oxygens (including phenoxy) is 2. The molecule has 1 N–H and O–H groups in total. The molecule has 1 aliphatic heterocycles. The van der Waals surface area contributed by atoms with Gasteiger partial charge in [0.1, 0.15) is 5.75 Å². The van der Waals surface area contributed by atoms with Gasteiger partial charge in [-0.2, -0.15) is 0 Å². The number of carbonyl (C=O) groups excluding carboxylic acids is 1. The zero-order valence-electron chi connectivity index (χ0n) is 11.4. The largest absolute Gasteiger partial charge is 0.495 e. The number of nitrogens with one attached hydrogen (secondary N) is 1. The zero-order valence-corrected chi connectivity index (χ0v) is 11.4. The summed E-state index contributed by atoms with van der Waals surface area (Å²) >= 11 is 0. The number of morpholine rings is 1. The first-order valence-electron chi connectivity index (χ1n) is 6.43. The lowest BCUT2D eigenvalue weighted by Crippen LogP contribution is -2.41. The van der Waals surface area contributed by atoms with E-state index in [9.17, 15) is 4.79 Å². The first-order valence-corrected chi connectivity index (χ1v) is 6.43. The van der Waals surface area contributed by atoms with E-state index in [-0.39, 0.29) is 5.91 Å². The van der Waals surface area contributed by atoms with Gasteiger partial charge in [-0.3, -0.25) is 9.69 Å². The number of hydrogen-bond acceptors (Lipinski definition) is 4. The van der Waals surface area contributed by atoms with Gasteiger partial charge in [0, 0.05) is 13.1 Å². The molecule has 1 aromatic rings. The first kappa shape index (κ1) is 13.8. The number of nitrogens with zero attached hydrogens (tertiary/aromatic N) is 1. The average molecular weight is 264 g/mol. The number of carbonyl (C=O) groups is 1. The van der Waals surface area contributed by atoms with Crippen LogP contribution in [0.4, 0.5) is 5.69 Å². The lowest BCUT2D eigenvalue weighted by Gasteiger charge is -2.25. The van der Waals surface area contributed by atoms with Crippen LogP contribution in [0.3, 0.4) is 0 Å². The third kappa shape index (κ3) is 3.94. The van der Waals surface area contributed by atoms with Crippen LogP contribution >= 0.6 is 0 Å². The number of anilines is 1. The van der Waals surface area contributed by atoms with E-state index in [4.69, 9.17) is 9.47 Å². The molecule has 104 valence electrons. The Hall–Kier alpha value is -1.59. The van der Waals surface area contributed by atoms with Gasteiger partial charge >= 0.3 is 0 Å². The van der Waals surface area contributed by atoms with Gasteiger partial charge in [0.2, 0.25) is 5.91 Å². The Kier molecular flexibility index (Phi) is 4.76. The van der Waals surface area contributed by atoms with Gasteiger partial charge in [-0.25, -0.2) is 0 Å². The highest BCUT2D eigenvalue weighted by Crippen LogP contribution is 2.25. The summed E-state index contributed by atoms with van der Waals surface area (Å²) in [6, 6.07) is 5.73. The van der Waals surface area contributed by atoms with E-state index in [1.54, 1.807) is 7.11 Å². The summed E-state index contributed by atoms with van der Waals surface area (Å²) in [5.41, 5.74) is 1.81. The molecular weight excluding hydrogens is 244 g/mol. The van der Waals surface area contributed by atoms with Gasteiger partial charge in [-0.1, -0.05) is 6.07 Å². The van der Waals surface area contributed by atoms with Crippen molar-refractivity contribution < 1.29 is 14.3 Å². The van der Waals surface area contributed by atoms with Crippen molar-refractivity contribution in [2.75, 3.05) is 45.3 Å². The van der Waals surface area contributed by atoms with Crippen LogP contribution in [0.5, 0.6) is 5.75 Å². The molecule has 1 fully saturated rings.